The first-order valence-electron chi connectivity index (χ1n) is 10.8. The van der Waals surface area contributed by atoms with Gasteiger partial charge in [-0.25, -0.2) is 4.79 Å². The van der Waals surface area contributed by atoms with Gasteiger partial charge in [0.1, 0.15) is 18.3 Å². The largest absolute Gasteiger partial charge is 0.383 e. The van der Waals surface area contributed by atoms with Gasteiger partial charge < -0.3 is 29.3 Å². The third-order valence-corrected chi connectivity index (χ3v) is 5.92. The highest BCUT2D eigenvalue weighted by Crippen LogP contribution is 2.29. The van der Waals surface area contributed by atoms with Crippen molar-refractivity contribution in [2.75, 3.05) is 39.9 Å². The van der Waals surface area contributed by atoms with E-state index in [4.69, 9.17) is 9.26 Å². The number of hydrogen-bond donors (Lipinski definition) is 1. The third-order valence-electron chi connectivity index (χ3n) is 5.92. The summed E-state index contributed by atoms with van der Waals surface area (Å²) in [6.07, 6.45) is 0.594. The maximum Gasteiger partial charge on any atom is 0.321 e. The van der Waals surface area contributed by atoms with Crippen LogP contribution in [0, 0.1) is 19.8 Å². The summed E-state index contributed by atoms with van der Waals surface area (Å²) in [5, 5.41) is 6.72. The molecule has 1 aromatic rings. The molecule has 0 aromatic carbocycles. The molecule has 0 saturated carbocycles. The van der Waals surface area contributed by atoms with Crippen molar-refractivity contribution < 1.29 is 23.6 Å². The maximum atomic E-state index is 13.1. The second kappa shape index (κ2) is 9.67. The highest BCUT2D eigenvalue weighted by atomic mass is 16.5. The number of methoxy groups -OCH3 is 1. The van der Waals surface area contributed by atoms with Gasteiger partial charge >= 0.3 is 6.03 Å². The van der Waals surface area contributed by atoms with E-state index in [1.807, 2.05) is 20.8 Å². The lowest BCUT2D eigenvalue weighted by atomic mass is 9.97. The van der Waals surface area contributed by atoms with Gasteiger partial charge in [0.2, 0.25) is 11.8 Å². The second-order valence-electron chi connectivity index (χ2n) is 8.73. The molecule has 10 heteroatoms. The predicted molar refractivity (Wildman–Crippen MR) is 112 cm³/mol. The van der Waals surface area contributed by atoms with Crippen molar-refractivity contribution in [3.63, 3.8) is 0 Å². The molecule has 4 amide bonds. The highest BCUT2D eigenvalue weighted by molar-refractivity contribution is 5.91. The molecule has 0 radical (unpaired) electrons. The van der Waals surface area contributed by atoms with Crippen LogP contribution in [0.3, 0.4) is 0 Å². The number of ether oxygens (including phenoxy) is 1. The van der Waals surface area contributed by atoms with E-state index in [9.17, 15) is 14.4 Å². The molecule has 2 saturated heterocycles. The molecule has 10 nitrogen and oxygen atoms in total. The quantitative estimate of drug-likeness (QED) is 0.618. The second-order valence-corrected chi connectivity index (χ2v) is 8.73. The van der Waals surface area contributed by atoms with Crippen molar-refractivity contribution in [3.8, 4) is 0 Å². The Morgan fingerprint density at radius 1 is 1.26 bits per heavy atom. The Balaban J connectivity index is 1.66. The molecule has 2 atom stereocenters. The Bertz CT molecular complexity index is 804. The first-order valence-corrected chi connectivity index (χ1v) is 10.8. The first-order chi connectivity index (χ1) is 14.7. The number of piperazine rings is 1. The molecule has 2 fully saturated rings. The molecule has 2 aliphatic heterocycles. The van der Waals surface area contributed by atoms with E-state index in [-0.39, 0.29) is 36.3 Å². The molecule has 1 aromatic heterocycles. The number of aryl methyl sites for hydroxylation is 2. The minimum absolute atomic E-state index is 0.0416. The zero-order chi connectivity index (χ0) is 22.7. The number of aromatic nitrogens is 1. The molecular weight excluding hydrogens is 402 g/mol. The fourth-order valence-corrected chi connectivity index (χ4v) is 4.31. The Hall–Kier alpha value is -2.62. The van der Waals surface area contributed by atoms with Crippen LogP contribution in [0.2, 0.25) is 0 Å². The average molecular weight is 436 g/mol. The molecule has 31 heavy (non-hydrogen) atoms. The van der Waals surface area contributed by atoms with Gasteiger partial charge in [-0.3, -0.25) is 9.59 Å². The van der Waals surface area contributed by atoms with E-state index in [2.05, 4.69) is 10.5 Å². The molecule has 3 heterocycles. The number of fused-ring (bicyclic) bond motifs is 1. The van der Waals surface area contributed by atoms with Crippen LogP contribution in [0.1, 0.15) is 37.3 Å². The average Bonchev–Trinajstić information content (AvgIpc) is 3.19. The third kappa shape index (κ3) is 5.00. The maximum absolute atomic E-state index is 13.1. The molecule has 2 aliphatic rings. The number of hydrogen-bond acceptors (Lipinski definition) is 6. The Morgan fingerprint density at radius 2 is 1.97 bits per heavy atom. The van der Waals surface area contributed by atoms with Crippen LogP contribution in [0.25, 0.3) is 0 Å². The number of rotatable bonds is 9. The number of amides is 4. The van der Waals surface area contributed by atoms with Gasteiger partial charge in [-0.1, -0.05) is 19.0 Å². The van der Waals surface area contributed by atoms with E-state index in [0.29, 0.717) is 45.0 Å². The summed E-state index contributed by atoms with van der Waals surface area (Å²) >= 11 is 0. The summed E-state index contributed by atoms with van der Waals surface area (Å²) < 4.78 is 10.3. The van der Waals surface area contributed by atoms with E-state index >= 15 is 0 Å². The smallest absolute Gasteiger partial charge is 0.321 e. The lowest BCUT2D eigenvalue weighted by Gasteiger charge is -2.42. The van der Waals surface area contributed by atoms with Gasteiger partial charge in [0.25, 0.3) is 0 Å². The van der Waals surface area contributed by atoms with E-state index < -0.39 is 6.04 Å². The molecule has 1 N–H and O–H groups in total. The number of carbonyl (C=O) groups is 3. The van der Waals surface area contributed by atoms with Crippen molar-refractivity contribution in [2.45, 2.75) is 52.7 Å². The number of nitrogens with zero attached hydrogens (tertiary/aromatic N) is 4. The van der Waals surface area contributed by atoms with Crippen molar-refractivity contribution in [2.24, 2.45) is 5.92 Å². The lowest BCUT2D eigenvalue weighted by molar-refractivity contribution is -0.143. The van der Waals surface area contributed by atoms with Gasteiger partial charge in [-0.15, -0.1) is 0 Å². The van der Waals surface area contributed by atoms with Crippen LogP contribution in [-0.2, 0) is 20.9 Å². The Morgan fingerprint density at radius 3 is 2.58 bits per heavy atom. The molecular formula is C21H33N5O5. The summed E-state index contributed by atoms with van der Waals surface area (Å²) in [6, 6.07) is -0.873. The summed E-state index contributed by atoms with van der Waals surface area (Å²) in [4.78, 5) is 43.7. The van der Waals surface area contributed by atoms with Crippen LogP contribution in [0.5, 0.6) is 0 Å². The molecule has 172 valence electrons. The zero-order valence-corrected chi connectivity index (χ0v) is 19.0. The fraction of sp³-hybridized carbons (Fsp3) is 0.714. The minimum Gasteiger partial charge on any atom is -0.383 e. The Kier molecular flexibility index (Phi) is 7.19. The van der Waals surface area contributed by atoms with Gasteiger partial charge in [0, 0.05) is 38.9 Å². The number of nitrogens with one attached hydrogen (secondary N) is 1. The van der Waals surface area contributed by atoms with Gasteiger partial charge in [0.15, 0.2) is 0 Å². The van der Waals surface area contributed by atoms with Crippen molar-refractivity contribution in [3.05, 3.63) is 17.0 Å². The standard InChI is InChI=1S/C21H33N5O5/c1-13(2)8-18-20(28)24(6-7-30-5)10-16-11-25(21(29)26(16)18)12-19(27)22-9-17-14(3)23-31-15(17)4/h13,16,18H,6-12H2,1-5H3,(H,22,27)/t16-,18+/m1/s1. The molecule has 3 rings (SSSR count). The van der Waals surface area contributed by atoms with E-state index in [1.54, 1.807) is 23.8 Å². The van der Waals surface area contributed by atoms with E-state index in [1.165, 1.54) is 4.90 Å². The SMILES string of the molecule is COCCN1C[C@@H]2CN(CC(=O)NCc3c(C)noc3C)C(=O)N2[C@@H](CC(C)C)C1=O. The topological polar surface area (TPSA) is 108 Å². The highest BCUT2D eigenvalue weighted by Gasteiger charge is 2.49. The molecule has 0 bridgehead atoms. The Labute approximate surface area is 182 Å². The summed E-state index contributed by atoms with van der Waals surface area (Å²) in [6.45, 7) is 9.78. The van der Waals surface area contributed by atoms with Crippen LogP contribution in [0.15, 0.2) is 4.52 Å². The van der Waals surface area contributed by atoms with Crippen LogP contribution < -0.4 is 5.32 Å². The fourth-order valence-electron chi connectivity index (χ4n) is 4.31. The normalized spacial score (nSPS) is 21.3. The van der Waals surface area contributed by atoms with Crippen molar-refractivity contribution in [1.29, 1.82) is 0 Å². The van der Waals surface area contributed by atoms with Crippen molar-refractivity contribution >= 4 is 17.8 Å². The summed E-state index contributed by atoms with van der Waals surface area (Å²) in [7, 11) is 1.61. The number of carbonyl (C=O) groups excluding carboxylic acids is 3. The van der Waals surface area contributed by atoms with Gasteiger partial charge in [0.05, 0.1) is 18.3 Å². The van der Waals surface area contributed by atoms with Gasteiger partial charge in [-0.2, -0.15) is 0 Å². The summed E-state index contributed by atoms with van der Waals surface area (Å²) in [5.41, 5.74) is 1.58. The molecule has 0 unspecified atom stereocenters. The van der Waals surface area contributed by atoms with Crippen LogP contribution >= 0.6 is 0 Å². The van der Waals surface area contributed by atoms with E-state index in [0.717, 1.165) is 11.3 Å². The molecule has 0 spiro atoms. The van der Waals surface area contributed by atoms with Gasteiger partial charge in [-0.05, 0) is 26.2 Å². The van der Waals surface area contributed by atoms with Crippen molar-refractivity contribution in [1.82, 2.24) is 25.2 Å². The molecule has 0 aliphatic carbocycles. The summed E-state index contributed by atoms with van der Waals surface area (Å²) in [5.74, 6) is 0.631. The number of urea groups is 1. The predicted octanol–water partition coefficient (Wildman–Crippen LogP) is 0.917. The lowest BCUT2D eigenvalue weighted by Crippen LogP contribution is -2.61. The minimum atomic E-state index is -0.501. The first kappa shape index (κ1) is 23.1. The van der Waals surface area contributed by atoms with Crippen LogP contribution in [0.4, 0.5) is 4.79 Å². The van der Waals surface area contributed by atoms with Crippen LogP contribution in [-0.4, -0.2) is 89.7 Å². The zero-order valence-electron chi connectivity index (χ0n) is 19.0. The monoisotopic (exact) mass is 435 g/mol.